The van der Waals surface area contributed by atoms with Gasteiger partial charge in [0, 0.05) is 5.69 Å². The van der Waals surface area contributed by atoms with Crippen molar-refractivity contribution in [3.8, 4) is 0 Å². The predicted molar refractivity (Wildman–Crippen MR) is 84.2 cm³/mol. The van der Waals surface area contributed by atoms with Gasteiger partial charge < -0.3 is 5.32 Å². The molecule has 0 heterocycles. The SMILES string of the molecule is Cc1ccc(C)c(NC(=O)Cc2ccc(C)c(C)c2)c1. The molecule has 104 valence electrons. The highest BCUT2D eigenvalue weighted by Crippen LogP contribution is 2.17. The van der Waals surface area contributed by atoms with Crippen LogP contribution in [0, 0.1) is 27.7 Å². The first-order chi connectivity index (χ1) is 9.45. The van der Waals surface area contributed by atoms with E-state index in [1.807, 2.05) is 38.1 Å². The summed E-state index contributed by atoms with van der Waals surface area (Å²) in [5.74, 6) is 0.0296. The molecule has 0 atom stereocenters. The molecule has 0 aliphatic rings. The van der Waals surface area contributed by atoms with E-state index in [0.29, 0.717) is 6.42 Å². The maximum Gasteiger partial charge on any atom is 0.228 e. The molecule has 0 spiro atoms. The highest BCUT2D eigenvalue weighted by molar-refractivity contribution is 5.93. The van der Waals surface area contributed by atoms with Gasteiger partial charge in [-0.3, -0.25) is 4.79 Å². The minimum absolute atomic E-state index is 0.0296. The van der Waals surface area contributed by atoms with Crippen LogP contribution in [0.3, 0.4) is 0 Å². The Hall–Kier alpha value is -2.09. The number of hydrogen-bond acceptors (Lipinski definition) is 1. The molecule has 2 aromatic rings. The molecule has 0 radical (unpaired) electrons. The van der Waals surface area contributed by atoms with Gasteiger partial charge in [-0.2, -0.15) is 0 Å². The third-order valence-corrected chi connectivity index (χ3v) is 3.60. The summed E-state index contributed by atoms with van der Waals surface area (Å²) < 4.78 is 0. The first-order valence-corrected chi connectivity index (χ1v) is 6.89. The highest BCUT2D eigenvalue weighted by atomic mass is 16.1. The van der Waals surface area contributed by atoms with Gasteiger partial charge >= 0.3 is 0 Å². The maximum atomic E-state index is 12.1. The first kappa shape index (κ1) is 14.3. The van der Waals surface area contributed by atoms with Crippen LogP contribution in [0.2, 0.25) is 0 Å². The zero-order chi connectivity index (χ0) is 14.7. The smallest absolute Gasteiger partial charge is 0.228 e. The van der Waals surface area contributed by atoms with Crippen molar-refractivity contribution in [3.05, 3.63) is 64.2 Å². The van der Waals surface area contributed by atoms with E-state index in [2.05, 4.69) is 31.3 Å². The predicted octanol–water partition coefficient (Wildman–Crippen LogP) is 4.10. The lowest BCUT2D eigenvalue weighted by molar-refractivity contribution is -0.115. The number of benzene rings is 2. The third kappa shape index (κ3) is 3.47. The van der Waals surface area contributed by atoms with Gasteiger partial charge in [-0.25, -0.2) is 0 Å². The Morgan fingerprint density at radius 2 is 1.60 bits per heavy atom. The van der Waals surface area contributed by atoms with Gasteiger partial charge in [-0.05, 0) is 61.6 Å². The summed E-state index contributed by atoms with van der Waals surface area (Å²) in [5, 5.41) is 2.99. The molecule has 0 unspecified atom stereocenters. The van der Waals surface area contributed by atoms with Crippen LogP contribution in [0.4, 0.5) is 5.69 Å². The maximum absolute atomic E-state index is 12.1. The Balaban J connectivity index is 2.09. The van der Waals surface area contributed by atoms with Crippen molar-refractivity contribution in [2.75, 3.05) is 5.32 Å². The fourth-order valence-electron chi connectivity index (χ4n) is 2.16. The minimum atomic E-state index is 0.0296. The highest BCUT2D eigenvalue weighted by Gasteiger charge is 2.07. The van der Waals surface area contributed by atoms with Crippen molar-refractivity contribution >= 4 is 11.6 Å². The van der Waals surface area contributed by atoms with Crippen LogP contribution in [0.15, 0.2) is 36.4 Å². The lowest BCUT2D eigenvalue weighted by Gasteiger charge is -2.10. The van der Waals surface area contributed by atoms with Crippen LogP contribution in [0.25, 0.3) is 0 Å². The van der Waals surface area contributed by atoms with Gasteiger partial charge in [0.15, 0.2) is 0 Å². The van der Waals surface area contributed by atoms with Gasteiger partial charge in [0.1, 0.15) is 0 Å². The summed E-state index contributed by atoms with van der Waals surface area (Å²) in [6, 6.07) is 12.3. The Kier molecular flexibility index (Phi) is 4.23. The fraction of sp³-hybridized carbons (Fsp3) is 0.278. The monoisotopic (exact) mass is 267 g/mol. The van der Waals surface area contributed by atoms with Crippen LogP contribution in [-0.4, -0.2) is 5.91 Å². The van der Waals surface area contributed by atoms with Gasteiger partial charge in [-0.1, -0.05) is 30.3 Å². The molecule has 2 nitrogen and oxygen atoms in total. The molecule has 0 aliphatic heterocycles. The normalized spacial score (nSPS) is 10.4. The number of nitrogens with one attached hydrogen (secondary N) is 1. The molecule has 20 heavy (non-hydrogen) atoms. The second kappa shape index (κ2) is 5.91. The number of carbonyl (C=O) groups is 1. The minimum Gasteiger partial charge on any atom is -0.326 e. The molecular weight excluding hydrogens is 246 g/mol. The Morgan fingerprint density at radius 1 is 0.900 bits per heavy atom. The summed E-state index contributed by atoms with van der Waals surface area (Å²) in [5.41, 5.74) is 6.67. The van der Waals surface area contributed by atoms with E-state index in [9.17, 15) is 4.79 Å². The average molecular weight is 267 g/mol. The molecular formula is C18H21NO. The molecule has 0 fully saturated rings. The third-order valence-electron chi connectivity index (χ3n) is 3.60. The van der Waals surface area contributed by atoms with Crippen LogP contribution in [0.1, 0.15) is 27.8 Å². The largest absolute Gasteiger partial charge is 0.326 e. The van der Waals surface area contributed by atoms with Crippen molar-refractivity contribution < 1.29 is 4.79 Å². The van der Waals surface area contributed by atoms with E-state index < -0.39 is 0 Å². The van der Waals surface area contributed by atoms with E-state index >= 15 is 0 Å². The number of rotatable bonds is 3. The summed E-state index contributed by atoms with van der Waals surface area (Å²) in [7, 11) is 0. The molecule has 0 aliphatic carbocycles. The van der Waals surface area contributed by atoms with Crippen LogP contribution >= 0.6 is 0 Å². The molecule has 1 N–H and O–H groups in total. The summed E-state index contributed by atoms with van der Waals surface area (Å²) in [6.45, 7) is 8.18. The van der Waals surface area contributed by atoms with E-state index in [1.54, 1.807) is 0 Å². The van der Waals surface area contributed by atoms with Crippen molar-refractivity contribution in [3.63, 3.8) is 0 Å². The standard InChI is InChI=1S/C18H21NO/c1-12-5-6-14(3)17(9-12)19-18(20)11-16-8-7-13(2)15(4)10-16/h5-10H,11H2,1-4H3,(H,19,20). The first-order valence-electron chi connectivity index (χ1n) is 6.89. The van der Waals surface area contributed by atoms with Gasteiger partial charge in [0.05, 0.1) is 6.42 Å². The number of hydrogen-bond donors (Lipinski definition) is 1. The van der Waals surface area contributed by atoms with Crippen molar-refractivity contribution in [2.24, 2.45) is 0 Å². The summed E-state index contributed by atoms with van der Waals surface area (Å²) in [6.07, 6.45) is 0.411. The molecule has 1 amide bonds. The van der Waals surface area contributed by atoms with Crippen molar-refractivity contribution in [1.82, 2.24) is 0 Å². The number of carbonyl (C=O) groups excluding carboxylic acids is 1. The molecule has 2 heteroatoms. The van der Waals surface area contributed by atoms with Crippen LogP contribution in [0.5, 0.6) is 0 Å². The molecule has 0 saturated heterocycles. The lowest BCUT2D eigenvalue weighted by atomic mass is 10.0. The zero-order valence-electron chi connectivity index (χ0n) is 12.6. The Bertz CT molecular complexity index is 644. The fourth-order valence-corrected chi connectivity index (χ4v) is 2.16. The average Bonchev–Trinajstić information content (AvgIpc) is 2.38. The Labute approximate surface area is 120 Å². The zero-order valence-corrected chi connectivity index (χ0v) is 12.6. The van der Waals surface area contributed by atoms with E-state index in [0.717, 1.165) is 22.4 Å². The van der Waals surface area contributed by atoms with E-state index in [-0.39, 0.29) is 5.91 Å². The van der Waals surface area contributed by atoms with Gasteiger partial charge in [-0.15, -0.1) is 0 Å². The number of aryl methyl sites for hydroxylation is 4. The van der Waals surface area contributed by atoms with E-state index in [4.69, 9.17) is 0 Å². The quantitative estimate of drug-likeness (QED) is 0.891. The van der Waals surface area contributed by atoms with Gasteiger partial charge in [0.2, 0.25) is 5.91 Å². The summed E-state index contributed by atoms with van der Waals surface area (Å²) >= 11 is 0. The van der Waals surface area contributed by atoms with Crippen molar-refractivity contribution in [2.45, 2.75) is 34.1 Å². The molecule has 2 aromatic carbocycles. The molecule has 0 bridgehead atoms. The Morgan fingerprint density at radius 3 is 2.30 bits per heavy atom. The number of amides is 1. The van der Waals surface area contributed by atoms with E-state index in [1.165, 1.54) is 11.1 Å². The molecule has 2 rings (SSSR count). The van der Waals surface area contributed by atoms with Gasteiger partial charge in [0.25, 0.3) is 0 Å². The molecule has 0 saturated carbocycles. The number of anilines is 1. The van der Waals surface area contributed by atoms with Crippen LogP contribution < -0.4 is 5.32 Å². The van der Waals surface area contributed by atoms with Crippen LogP contribution in [-0.2, 0) is 11.2 Å². The second-order valence-electron chi connectivity index (χ2n) is 5.46. The second-order valence-corrected chi connectivity index (χ2v) is 5.46. The lowest BCUT2D eigenvalue weighted by Crippen LogP contribution is -2.15. The topological polar surface area (TPSA) is 29.1 Å². The van der Waals surface area contributed by atoms with Crippen molar-refractivity contribution in [1.29, 1.82) is 0 Å². The summed E-state index contributed by atoms with van der Waals surface area (Å²) in [4.78, 5) is 12.1. The molecule has 0 aromatic heterocycles.